The van der Waals surface area contributed by atoms with Crippen molar-refractivity contribution in [2.45, 2.75) is 31.8 Å². The number of carbonyl (C=O) groups is 1. The minimum absolute atomic E-state index is 0.173. The summed E-state index contributed by atoms with van der Waals surface area (Å²) in [5.41, 5.74) is 1.25. The van der Waals surface area contributed by atoms with Crippen LogP contribution in [-0.2, 0) is 4.79 Å². The molecule has 3 nitrogen and oxygen atoms in total. The zero-order valence-corrected chi connectivity index (χ0v) is 11.5. The van der Waals surface area contributed by atoms with Crippen LogP contribution in [0.25, 0.3) is 0 Å². The van der Waals surface area contributed by atoms with E-state index in [2.05, 4.69) is 45.6 Å². The molecule has 1 unspecified atom stereocenters. The molecule has 17 heavy (non-hydrogen) atoms. The van der Waals surface area contributed by atoms with Crippen LogP contribution in [-0.4, -0.2) is 18.5 Å². The van der Waals surface area contributed by atoms with Crippen LogP contribution < -0.4 is 10.6 Å². The van der Waals surface area contributed by atoms with Gasteiger partial charge in [0.05, 0.1) is 0 Å². The molecule has 1 amide bonds. The lowest BCUT2D eigenvalue weighted by molar-refractivity contribution is -0.119. The topological polar surface area (TPSA) is 41.1 Å². The van der Waals surface area contributed by atoms with Gasteiger partial charge in [-0.3, -0.25) is 4.79 Å². The van der Waals surface area contributed by atoms with Crippen molar-refractivity contribution in [2.24, 2.45) is 0 Å². The number of carbonyl (C=O) groups excluding carboxylic acids is 1. The Balaban J connectivity index is 1.85. The van der Waals surface area contributed by atoms with Crippen LogP contribution in [0.3, 0.4) is 0 Å². The Kier molecular flexibility index (Phi) is 4.18. The molecule has 1 saturated heterocycles. The first kappa shape index (κ1) is 12.6. The van der Waals surface area contributed by atoms with E-state index in [0.717, 1.165) is 17.4 Å². The second-order valence-electron chi connectivity index (χ2n) is 4.49. The van der Waals surface area contributed by atoms with E-state index in [-0.39, 0.29) is 11.9 Å². The lowest BCUT2D eigenvalue weighted by Gasteiger charge is -2.17. The monoisotopic (exact) mass is 296 g/mol. The summed E-state index contributed by atoms with van der Waals surface area (Å²) in [6.45, 7) is 2.97. The number of hydrogen-bond donors (Lipinski definition) is 2. The van der Waals surface area contributed by atoms with Crippen LogP contribution >= 0.6 is 15.9 Å². The Morgan fingerprint density at radius 3 is 3.06 bits per heavy atom. The molecule has 1 heterocycles. The molecule has 1 aromatic rings. The van der Waals surface area contributed by atoms with Crippen LogP contribution in [0.5, 0.6) is 0 Å². The van der Waals surface area contributed by atoms with Crippen molar-refractivity contribution in [1.29, 1.82) is 0 Å². The largest absolute Gasteiger partial charge is 0.352 e. The van der Waals surface area contributed by atoms with E-state index in [0.29, 0.717) is 12.5 Å². The number of benzene rings is 1. The molecule has 1 aromatic carbocycles. The van der Waals surface area contributed by atoms with E-state index in [9.17, 15) is 4.79 Å². The molecule has 0 aromatic heterocycles. The Labute approximate surface area is 110 Å². The van der Waals surface area contributed by atoms with Crippen molar-refractivity contribution in [1.82, 2.24) is 10.6 Å². The maximum atomic E-state index is 11.1. The highest BCUT2D eigenvalue weighted by atomic mass is 79.9. The fourth-order valence-corrected chi connectivity index (χ4v) is 2.46. The highest BCUT2D eigenvalue weighted by Crippen LogP contribution is 2.18. The molecule has 2 rings (SSSR count). The molecule has 2 atom stereocenters. The zero-order chi connectivity index (χ0) is 12.3. The van der Waals surface area contributed by atoms with Gasteiger partial charge in [-0.05, 0) is 31.0 Å². The van der Waals surface area contributed by atoms with Gasteiger partial charge in [-0.2, -0.15) is 0 Å². The van der Waals surface area contributed by atoms with Crippen molar-refractivity contribution in [3.8, 4) is 0 Å². The lowest BCUT2D eigenvalue weighted by atomic mass is 10.1. The molecule has 0 bridgehead atoms. The van der Waals surface area contributed by atoms with E-state index in [1.54, 1.807) is 0 Å². The SMILES string of the molecule is C[C@H](NCC1CCC(=O)N1)c1cccc(Br)c1. The van der Waals surface area contributed by atoms with E-state index >= 15 is 0 Å². The molecule has 0 saturated carbocycles. The molecule has 92 valence electrons. The van der Waals surface area contributed by atoms with Gasteiger partial charge in [-0.25, -0.2) is 0 Å². The number of halogens is 1. The summed E-state index contributed by atoms with van der Waals surface area (Å²) in [4.78, 5) is 11.1. The summed E-state index contributed by atoms with van der Waals surface area (Å²) in [5.74, 6) is 0.173. The minimum Gasteiger partial charge on any atom is -0.352 e. The first-order valence-corrected chi connectivity index (χ1v) is 6.72. The van der Waals surface area contributed by atoms with Gasteiger partial charge in [-0.1, -0.05) is 28.1 Å². The van der Waals surface area contributed by atoms with Crippen molar-refractivity contribution in [3.63, 3.8) is 0 Å². The van der Waals surface area contributed by atoms with Gasteiger partial charge in [-0.15, -0.1) is 0 Å². The molecule has 2 N–H and O–H groups in total. The second kappa shape index (κ2) is 5.65. The molecule has 1 aliphatic heterocycles. The Morgan fingerprint density at radius 1 is 1.59 bits per heavy atom. The summed E-state index contributed by atoms with van der Waals surface area (Å²) in [5, 5.41) is 6.41. The first-order valence-electron chi connectivity index (χ1n) is 5.93. The van der Waals surface area contributed by atoms with E-state index < -0.39 is 0 Å². The number of amides is 1. The third-order valence-electron chi connectivity index (χ3n) is 3.10. The van der Waals surface area contributed by atoms with Gasteiger partial charge in [0.15, 0.2) is 0 Å². The average molecular weight is 297 g/mol. The van der Waals surface area contributed by atoms with Gasteiger partial charge in [0.2, 0.25) is 5.91 Å². The fraction of sp³-hybridized carbons (Fsp3) is 0.462. The smallest absolute Gasteiger partial charge is 0.220 e. The molecule has 0 spiro atoms. The summed E-state index contributed by atoms with van der Waals surface area (Å²) in [7, 11) is 0. The molecular weight excluding hydrogens is 280 g/mol. The predicted octanol–water partition coefficient (Wildman–Crippen LogP) is 2.38. The highest BCUT2D eigenvalue weighted by Gasteiger charge is 2.20. The molecular formula is C13H17BrN2O. The maximum absolute atomic E-state index is 11.1. The summed E-state index contributed by atoms with van der Waals surface area (Å²) in [6.07, 6.45) is 1.61. The average Bonchev–Trinajstić information content (AvgIpc) is 2.72. The van der Waals surface area contributed by atoms with E-state index in [1.165, 1.54) is 5.56 Å². The summed E-state index contributed by atoms with van der Waals surface area (Å²) >= 11 is 3.47. The van der Waals surface area contributed by atoms with E-state index in [1.807, 2.05) is 12.1 Å². The third kappa shape index (κ3) is 3.54. The Morgan fingerprint density at radius 2 is 2.41 bits per heavy atom. The molecule has 0 aliphatic carbocycles. The predicted molar refractivity (Wildman–Crippen MR) is 71.7 cm³/mol. The quantitative estimate of drug-likeness (QED) is 0.896. The number of nitrogens with one attached hydrogen (secondary N) is 2. The molecule has 0 radical (unpaired) electrons. The minimum atomic E-state index is 0.173. The zero-order valence-electron chi connectivity index (χ0n) is 9.87. The van der Waals surface area contributed by atoms with Crippen molar-refractivity contribution in [2.75, 3.05) is 6.54 Å². The van der Waals surface area contributed by atoms with E-state index in [4.69, 9.17) is 0 Å². The normalized spacial score (nSPS) is 21.3. The summed E-state index contributed by atoms with van der Waals surface area (Å²) < 4.78 is 1.10. The number of rotatable bonds is 4. The van der Waals surface area contributed by atoms with Crippen LogP contribution in [0.1, 0.15) is 31.4 Å². The second-order valence-corrected chi connectivity index (χ2v) is 5.40. The lowest BCUT2D eigenvalue weighted by Crippen LogP contribution is -2.36. The van der Waals surface area contributed by atoms with Gasteiger partial charge in [0.1, 0.15) is 0 Å². The van der Waals surface area contributed by atoms with Crippen LogP contribution in [0.2, 0.25) is 0 Å². The molecule has 1 fully saturated rings. The molecule has 1 aliphatic rings. The Bertz CT molecular complexity index is 408. The van der Waals surface area contributed by atoms with Crippen LogP contribution in [0, 0.1) is 0 Å². The molecule has 4 heteroatoms. The highest BCUT2D eigenvalue weighted by molar-refractivity contribution is 9.10. The Hall–Kier alpha value is -0.870. The van der Waals surface area contributed by atoms with Gasteiger partial charge in [0.25, 0.3) is 0 Å². The first-order chi connectivity index (χ1) is 8.15. The van der Waals surface area contributed by atoms with Crippen molar-refractivity contribution < 1.29 is 4.79 Å². The van der Waals surface area contributed by atoms with Crippen LogP contribution in [0.4, 0.5) is 0 Å². The fourth-order valence-electron chi connectivity index (χ4n) is 2.04. The van der Waals surface area contributed by atoms with Crippen molar-refractivity contribution >= 4 is 21.8 Å². The van der Waals surface area contributed by atoms with Gasteiger partial charge in [0, 0.05) is 29.5 Å². The van der Waals surface area contributed by atoms with Gasteiger partial charge < -0.3 is 10.6 Å². The van der Waals surface area contributed by atoms with Crippen molar-refractivity contribution in [3.05, 3.63) is 34.3 Å². The standard InChI is InChI=1S/C13H17BrN2O/c1-9(10-3-2-4-11(14)7-10)15-8-12-5-6-13(17)16-12/h2-4,7,9,12,15H,5-6,8H2,1H3,(H,16,17)/t9-,12?/m0/s1. The van der Waals surface area contributed by atoms with Gasteiger partial charge >= 0.3 is 0 Å². The number of hydrogen-bond acceptors (Lipinski definition) is 2. The third-order valence-corrected chi connectivity index (χ3v) is 3.60. The van der Waals surface area contributed by atoms with Crippen LogP contribution in [0.15, 0.2) is 28.7 Å². The maximum Gasteiger partial charge on any atom is 0.220 e. The summed E-state index contributed by atoms with van der Waals surface area (Å²) in [6, 6.07) is 8.87.